The molecule has 3 aliphatic heterocycles. The Morgan fingerprint density at radius 1 is 1.00 bits per heavy atom. The number of likely N-dealkylation sites (tertiary alicyclic amines) is 1. The van der Waals surface area contributed by atoms with Gasteiger partial charge in [-0.3, -0.25) is 0 Å². The second-order valence-corrected chi connectivity index (χ2v) is 8.80. The molecule has 1 spiro atoms. The van der Waals surface area contributed by atoms with Gasteiger partial charge in [0, 0.05) is 38.0 Å². The van der Waals surface area contributed by atoms with E-state index in [1.807, 2.05) is 18.2 Å². The van der Waals surface area contributed by atoms with Crippen LogP contribution in [0.4, 0.5) is 0 Å². The van der Waals surface area contributed by atoms with Crippen molar-refractivity contribution in [2.24, 2.45) is 0 Å². The normalized spacial score (nSPS) is 23.5. The molecule has 2 aromatic rings. The maximum Gasteiger partial charge on any atom is 0.161 e. The number of aromatic hydroxyl groups is 1. The molecule has 0 bridgehead atoms. The van der Waals surface area contributed by atoms with Gasteiger partial charge in [-0.05, 0) is 48.7 Å². The lowest BCUT2D eigenvalue weighted by atomic mass is 9.81. The molecule has 0 radical (unpaired) electrons. The number of hydrogen-bond acceptors (Lipinski definition) is 7. The van der Waals surface area contributed by atoms with Crippen LogP contribution < -0.4 is 14.2 Å². The maximum atomic E-state index is 10.8. The quantitative estimate of drug-likeness (QED) is 0.694. The molecule has 0 aromatic heterocycles. The highest BCUT2D eigenvalue weighted by Gasteiger charge is 2.43. The van der Waals surface area contributed by atoms with E-state index in [1.165, 1.54) is 0 Å². The molecule has 3 aliphatic rings. The highest BCUT2D eigenvalue weighted by atomic mass is 16.5. The Balaban J connectivity index is 1.21. The number of rotatable bonds is 3. The summed E-state index contributed by atoms with van der Waals surface area (Å²) in [5.41, 5.74) is 1.07. The highest BCUT2D eigenvalue weighted by Crippen LogP contribution is 2.45. The fourth-order valence-corrected chi connectivity index (χ4v) is 4.81. The van der Waals surface area contributed by atoms with Crippen LogP contribution in [0.2, 0.25) is 0 Å². The third kappa shape index (κ3) is 4.18. The van der Waals surface area contributed by atoms with Crippen LogP contribution in [0.25, 0.3) is 0 Å². The van der Waals surface area contributed by atoms with Crippen LogP contribution in [0.15, 0.2) is 36.4 Å². The third-order valence-corrected chi connectivity index (χ3v) is 6.60. The summed E-state index contributed by atoms with van der Waals surface area (Å²) in [5, 5.41) is 31.1. The standard InChI is InChI=1S/C24H29NO6/c26-17-3-5-21-18(13-17)19(27)14-24(31-21)6-8-25(9-7-24)15-20(28)16-2-4-22-23(12-16)30-11-1-10-29-22/h2-5,12-13,19-20,26-28H,1,6-11,14-15H2. The Morgan fingerprint density at radius 3 is 2.55 bits per heavy atom. The average Bonchev–Trinajstić information content (AvgIpc) is 3.01. The van der Waals surface area contributed by atoms with E-state index < -0.39 is 17.8 Å². The van der Waals surface area contributed by atoms with E-state index in [9.17, 15) is 15.3 Å². The van der Waals surface area contributed by atoms with Crippen molar-refractivity contribution in [1.29, 1.82) is 0 Å². The first-order chi connectivity index (χ1) is 15.0. The van der Waals surface area contributed by atoms with Gasteiger partial charge in [-0.2, -0.15) is 0 Å². The fourth-order valence-electron chi connectivity index (χ4n) is 4.81. The summed E-state index contributed by atoms with van der Waals surface area (Å²) in [7, 11) is 0. The van der Waals surface area contributed by atoms with Crippen LogP contribution in [0.3, 0.4) is 0 Å². The highest BCUT2D eigenvalue weighted by molar-refractivity contribution is 5.44. The monoisotopic (exact) mass is 427 g/mol. The Morgan fingerprint density at radius 2 is 1.74 bits per heavy atom. The number of β-amino-alcohol motifs (C(OH)–C–C–N with tert-alkyl or cyclic N) is 1. The molecule has 5 rings (SSSR count). The number of aliphatic hydroxyl groups excluding tert-OH is 2. The molecular formula is C24H29NO6. The number of ether oxygens (including phenoxy) is 3. The molecule has 0 aliphatic carbocycles. The second kappa shape index (κ2) is 8.22. The summed E-state index contributed by atoms with van der Waals surface area (Å²) in [4.78, 5) is 2.24. The van der Waals surface area contributed by atoms with E-state index in [1.54, 1.807) is 18.2 Å². The summed E-state index contributed by atoms with van der Waals surface area (Å²) < 4.78 is 17.7. The van der Waals surface area contributed by atoms with Gasteiger partial charge in [0.1, 0.15) is 17.1 Å². The first-order valence-electron chi connectivity index (χ1n) is 11.0. The molecule has 7 heteroatoms. The number of benzene rings is 2. The van der Waals surface area contributed by atoms with Gasteiger partial charge in [0.05, 0.1) is 25.4 Å². The van der Waals surface area contributed by atoms with Crippen molar-refractivity contribution >= 4 is 0 Å². The van der Waals surface area contributed by atoms with Gasteiger partial charge in [0.25, 0.3) is 0 Å². The molecule has 0 saturated carbocycles. The molecule has 3 N–H and O–H groups in total. The molecule has 7 nitrogen and oxygen atoms in total. The molecule has 2 unspecified atom stereocenters. The lowest BCUT2D eigenvalue weighted by molar-refractivity contribution is -0.0588. The van der Waals surface area contributed by atoms with Gasteiger partial charge in [0.15, 0.2) is 11.5 Å². The van der Waals surface area contributed by atoms with E-state index in [0.717, 1.165) is 43.7 Å². The molecule has 1 fully saturated rings. The number of piperidine rings is 1. The number of fused-ring (bicyclic) bond motifs is 2. The zero-order chi connectivity index (χ0) is 21.4. The Bertz CT molecular complexity index is 940. The minimum atomic E-state index is -0.644. The number of aliphatic hydroxyl groups is 2. The van der Waals surface area contributed by atoms with Crippen molar-refractivity contribution in [1.82, 2.24) is 4.90 Å². The minimum absolute atomic E-state index is 0.135. The van der Waals surface area contributed by atoms with Gasteiger partial charge >= 0.3 is 0 Å². The van der Waals surface area contributed by atoms with Crippen molar-refractivity contribution in [2.75, 3.05) is 32.8 Å². The molecule has 2 aromatic carbocycles. The lowest BCUT2D eigenvalue weighted by Gasteiger charge is -2.46. The van der Waals surface area contributed by atoms with Crippen molar-refractivity contribution < 1.29 is 29.5 Å². The summed E-state index contributed by atoms with van der Waals surface area (Å²) in [5.74, 6) is 2.21. The summed E-state index contributed by atoms with van der Waals surface area (Å²) in [6, 6.07) is 10.5. The van der Waals surface area contributed by atoms with Crippen LogP contribution in [0.1, 0.15) is 49.0 Å². The van der Waals surface area contributed by atoms with E-state index in [0.29, 0.717) is 43.2 Å². The van der Waals surface area contributed by atoms with Crippen LogP contribution in [-0.4, -0.2) is 58.7 Å². The minimum Gasteiger partial charge on any atom is -0.508 e. The van der Waals surface area contributed by atoms with Gasteiger partial charge < -0.3 is 34.4 Å². The van der Waals surface area contributed by atoms with Gasteiger partial charge in [0.2, 0.25) is 0 Å². The SMILES string of the molecule is Oc1ccc2c(c1)C(O)CC1(CCN(CC(O)c3ccc4c(c3)OCCCO4)CC1)O2. The first kappa shape index (κ1) is 20.4. The fraction of sp³-hybridized carbons (Fsp3) is 0.500. The number of phenols is 1. The summed E-state index contributed by atoms with van der Waals surface area (Å²) in [6.45, 7) is 3.36. The van der Waals surface area contributed by atoms with Crippen molar-refractivity contribution in [2.45, 2.75) is 43.5 Å². The first-order valence-corrected chi connectivity index (χ1v) is 11.0. The summed E-state index contributed by atoms with van der Waals surface area (Å²) >= 11 is 0. The molecule has 166 valence electrons. The maximum absolute atomic E-state index is 10.8. The lowest BCUT2D eigenvalue weighted by Crippen LogP contribution is -2.51. The zero-order valence-electron chi connectivity index (χ0n) is 17.5. The third-order valence-electron chi connectivity index (χ3n) is 6.60. The van der Waals surface area contributed by atoms with Crippen molar-refractivity contribution in [3.8, 4) is 23.0 Å². The second-order valence-electron chi connectivity index (χ2n) is 8.80. The smallest absolute Gasteiger partial charge is 0.161 e. The molecule has 31 heavy (non-hydrogen) atoms. The van der Waals surface area contributed by atoms with Crippen molar-refractivity contribution in [3.05, 3.63) is 47.5 Å². The number of hydrogen-bond donors (Lipinski definition) is 3. The van der Waals surface area contributed by atoms with Gasteiger partial charge in [-0.25, -0.2) is 0 Å². The van der Waals surface area contributed by atoms with Crippen LogP contribution >= 0.6 is 0 Å². The van der Waals surface area contributed by atoms with Crippen LogP contribution in [0, 0.1) is 0 Å². The van der Waals surface area contributed by atoms with E-state index in [2.05, 4.69) is 4.90 Å². The van der Waals surface area contributed by atoms with E-state index >= 15 is 0 Å². The predicted molar refractivity (Wildman–Crippen MR) is 114 cm³/mol. The molecule has 2 atom stereocenters. The Kier molecular flexibility index (Phi) is 5.42. The Labute approximate surface area is 181 Å². The number of nitrogens with zero attached hydrogens (tertiary/aromatic N) is 1. The summed E-state index contributed by atoms with van der Waals surface area (Å²) in [6.07, 6.45) is 1.66. The predicted octanol–water partition coefficient (Wildman–Crippen LogP) is 2.94. The van der Waals surface area contributed by atoms with Crippen molar-refractivity contribution in [3.63, 3.8) is 0 Å². The van der Waals surface area contributed by atoms with E-state index in [-0.39, 0.29) is 5.75 Å². The molecule has 3 heterocycles. The Hall–Kier alpha value is -2.48. The average molecular weight is 427 g/mol. The largest absolute Gasteiger partial charge is 0.508 e. The van der Waals surface area contributed by atoms with E-state index in [4.69, 9.17) is 14.2 Å². The topological polar surface area (TPSA) is 91.6 Å². The van der Waals surface area contributed by atoms with Crippen LogP contribution in [-0.2, 0) is 0 Å². The van der Waals surface area contributed by atoms with Gasteiger partial charge in [-0.15, -0.1) is 0 Å². The molecule has 1 saturated heterocycles. The van der Waals surface area contributed by atoms with Gasteiger partial charge in [-0.1, -0.05) is 6.07 Å². The zero-order valence-corrected chi connectivity index (χ0v) is 17.5. The molecular weight excluding hydrogens is 398 g/mol. The van der Waals surface area contributed by atoms with Crippen LogP contribution in [0.5, 0.6) is 23.0 Å². The molecule has 0 amide bonds. The number of phenolic OH excluding ortho intramolecular Hbond substituents is 1.